The van der Waals surface area contributed by atoms with Crippen molar-refractivity contribution in [2.24, 2.45) is 17.1 Å². The van der Waals surface area contributed by atoms with Crippen molar-refractivity contribution in [2.75, 3.05) is 6.61 Å². The second-order valence-electron chi connectivity index (χ2n) is 6.14. The molecule has 1 saturated carbocycles. The quantitative estimate of drug-likeness (QED) is 0.732. The molecule has 0 heterocycles. The Bertz CT molecular complexity index is 187. The first-order valence-corrected chi connectivity index (χ1v) is 5.74. The highest BCUT2D eigenvalue weighted by molar-refractivity contribution is 4.86. The zero-order valence-electron chi connectivity index (χ0n) is 9.84. The molecule has 0 spiro atoms. The smallest absolute Gasteiger partial charge is 0.0608 e. The summed E-state index contributed by atoms with van der Waals surface area (Å²) in [6.45, 7) is 6.73. The van der Waals surface area contributed by atoms with Crippen LogP contribution in [0.2, 0.25) is 0 Å². The molecule has 0 radical (unpaired) electrons. The van der Waals surface area contributed by atoms with Crippen molar-refractivity contribution in [3.8, 4) is 0 Å². The van der Waals surface area contributed by atoms with Gasteiger partial charge in [0.2, 0.25) is 0 Å². The molecule has 2 atom stereocenters. The first kappa shape index (κ1) is 12.0. The van der Waals surface area contributed by atoms with E-state index in [1.807, 2.05) is 6.92 Å². The van der Waals surface area contributed by atoms with Gasteiger partial charge in [-0.1, -0.05) is 26.7 Å². The molecule has 2 unspecified atom stereocenters. The van der Waals surface area contributed by atoms with Crippen LogP contribution in [0.25, 0.3) is 0 Å². The highest BCUT2D eigenvalue weighted by Gasteiger charge is 2.31. The van der Waals surface area contributed by atoms with Crippen LogP contribution in [0.4, 0.5) is 0 Å². The minimum atomic E-state index is -0.377. The van der Waals surface area contributed by atoms with E-state index in [0.717, 1.165) is 6.42 Å². The first-order chi connectivity index (χ1) is 6.35. The summed E-state index contributed by atoms with van der Waals surface area (Å²) < 4.78 is 0. The summed E-state index contributed by atoms with van der Waals surface area (Å²) in [6, 6.07) is 0. The number of hydrogen-bond donors (Lipinski definition) is 2. The standard InChI is InChI=1S/C12H25NO/c1-11(2)6-4-5-10(7-11)8-12(3,13)9-14/h10,14H,4-9,13H2,1-3H3. The molecule has 14 heavy (non-hydrogen) atoms. The molecular weight excluding hydrogens is 174 g/mol. The second kappa shape index (κ2) is 4.19. The van der Waals surface area contributed by atoms with E-state index in [2.05, 4.69) is 13.8 Å². The van der Waals surface area contributed by atoms with E-state index in [-0.39, 0.29) is 12.1 Å². The average molecular weight is 199 g/mol. The first-order valence-electron chi connectivity index (χ1n) is 5.74. The maximum Gasteiger partial charge on any atom is 0.0608 e. The summed E-state index contributed by atoms with van der Waals surface area (Å²) in [5.74, 6) is 0.709. The van der Waals surface area contributed by atoms with Crippen LogP contribution in [0.5, 0.6) is 0 Å². The topological polar surface area (TPSA) is 46.2 Å². The van der Waals surface area contributed by atoms with Gasteiger partial charge >= 0.3 is 0 Å². The van der Waals surface area contributed by atoms with Crippen LogP contribution >= 0.6 is 0 Å². The van der Waals surface area contributed by atoms with Gasteiger partial charge in [0.1, 0.15) is 0 Å². The van der Waals surface area contributed by atoms with E-state index in [1.54, 1.807) is 0 Å². The summed E-state index contributed by atoms with van der Waals surface area (Å²) >= 11 is 0. The van der Waals surface area contributed by atoms with Crippen LogP contribution in [-0.2, 0) is 0 Å². The van der Waals surface area contributed by atoms with Gasteiger partial charge in [0.25, 0.3) is 0 Å². The molecule has 0 aliphatic heterocycles. The van der Waals surface area contributed by atoms with Crippen LogP contribution in [0.3, 0.4) is 0 Å². The molecule has 1 rings (SSSR count). The van der Waals surface area contributed by atoms with Crippen molar-refractivity contribution in [1.82, 2.24) is 0 Å². The van der Waals surface area contributed by atoms with Gasteiger partial charge in [-0.05, 0) is 37.5 Å². The Labute approximate surface area is 87.9 Å². The van der Waals surface area contributed by atoms with Gasteiger partial charge in [0.05, 0.1) is 6.61 Å². The molecule has 0 saturated heterocycles. The maximum atomic E-state index is 9.13. The van der Waals surface area contributed by atoms with Gasteiger partial charge in [-0.2, -0.15) is 0 Å². The van der Waals surface area contributed by atoms with E-state index >= 15 is 0 Å². The van der Waals surface area contributed by atoms with Gasteiger partial charge < -0.3 is 10.8 Å². The summed E-state index contributed by atoms with van der Waals surface area (Å²) in [5.41, 5.74) is 6.09. The normalized spacial score (nSPS) is 31.1. The molecule has 0 amide bonds. The van der Waals surface area contributed by atoms with Crippen molar-refractivity contribution in [2.45, 2.75) is 58.4 Å². The summed E-state index contributed by atoms with van der Waals surface area (Å²) in [4.78, 5) is 0. The third-order valence-electron chi connectivity index (χ3n) is 3.42. The third kappa shape index (κ3) is 3.58. The molecule has 0 aromatic heterocycles. The molecule has 2 nitrogen and oxygen atoms in total. The van der Waals surface area contributed by atoms with Crippen molar-refractivity contribution in [1.29, 1.82) is 0 Å². The van der Waals surface area contributed by atoms with Crippen LogP contribution < -0.4 is 5.73 Å². The average Bonchev–Trinajstić information content (AvgIpc) is 2.01. The third-order valence-corrected chi connectivity index (χ3v) is 3.42. The lowest BCUT2D eigenvalue weighted by molar-refractivity contribution is 0.125. The number of hydrogen-bond acceptors (Lipinski definition) is 2. The number of rotatable bonds is 3. The summed E-state index contributed by atoms with van der Waals surface area (Å²) in [5, 5.41) is 9.13. The van der Waals surface area contributed by atoms with Crippen LogP contribution in [0.1, 0.15) is 52.9 Å². The molecule has 2 heteroatoms. The molecule has 0 bridgehead atoms. The van der Waals surface area contributed by atoms with Crippen LogP contribution in [0.15, 0.2) is 0 Å². The van der Waals surface area contributed by atoms with Crippen molar-refractivity contribution >= 4 is 0 Å². The van der Waals surface area contributed by atoms with Crippen molar-refractivity contribution < 1.29 is 5.11 Å². The van der Waals surface area contributed by atoms with E-state index in [1.165, 1.54) is 25.7 Å². The Morgan fingerprint density at radius 2 is 2.14 bits per heavy atom. The van der Waals surface area contributed by atoms with Crippen molar-refractivity contribution in [3.63, 3.8) is 0 Å². The Hall–Kier alpha value is -0.0800. The lowest BCUT2D eigenvalue weighted by Gasteiger charge is -2.38. The molecule has 3 N–H and O–H groups in total. The minimum absolute atomic E-state index is 0.101. The van der Waals surface area contributed by atoms with Gasteiger partial charge in [-0.25, -0.2) is 0 Å². The Morgan fingerprint density at radius 3 is 2.64 bits per heavy atom. The second-order valence-corrected chi connectivity index (χ2v) is 6.14. The summed E-state index contributed by atoms with van der Waals surface area (Å²) in [7, 11) is 0. The van der Waals surface area contributed by atoms with Gasteiger partial charge in [0.15, 0.2) is 0 Å². The fourth-order valence-electron chi connectivity index (χ4n) is 2.75. The SMILES string of the molecule is CC1(C)CCCC(CC(C)(N)CO)C1. The maximum absolute atomic E-state index is 9.13. The Balaban J connectivity index is 2.46. The fraction of sp³-hybridized carbons (Fsp3) is 1.00. The van der Waals surface area contributed by atoms with Gasteiger partial charge in [-0.3, -0.25) is 0 Å². The largest absolute Gasteiger partial charge is 0.394 e. The lowest BCUT2D eigenvalue weighted by Crippen LogP contribution is -2.43. The molecule has 1 aliphatic rings. The molecule has 0 aromatic carbocycles. The molecule has 1 aliphatic carbocycles. The molecule has 1 fully saturated rings. The van der Waals surface area contributed by atoms with E-state index < -0.39 is 0 Å². The minimum Gasteiger partial charge on any atom is -0.394 e. The molecular formula is C12H25NO. The molecule has 84 valence electrons. The Kier molecular flexibility index (Phi) is 3.59. The van der Waals surface area contributed by atoms with E-state index in [4.69, 9.17) is 10.8 Å². The Morgan fingerprint density at radius 1 is 1.50 bits per heavy atom. The summed E-state index contributed by atoms with van der Waals surface area (Å²) in [6.07, 6.45) is 6.17. The van der Waals surface area contributed by atoms with E-state index in [0.29, 0.717) is 11.3 Å². The van der Waals surface area contributed by atoms with Crippen molar-refractivity contribution in [3.05, 3.63) is 0 Å². The fourth-order valence-corrected chi connectivity index (χ4v) is 2.75. The monoisotopic (exact) mass is 199 g/mol. The lowest BCUT2D eigenvalue weighted by atomic mass is 9.69. The van der Waals surface area contributed by atoms with Crippen LogP contribution in [-0.4, -0.2) is 17.3 Å². The predicted octanol–water partition coefficient (Wildman–Crippen LogP) is 2.30. The highest BCUT2D eigenvalue weighted by Crippen LogP contribution is 2.41. The van der Waals surface area contributed by atoms with E-state index in [9.17, 15) is 0 Å². The highest BCUT2D eigenvalue weighted by atomic mass is 16.3. The van der Waals surface area contributed by atoms with Crippen LogP contribution in [0, 0.1) is 11.3 Å². The number of aliphatic hydroxyl groups is 1. The zero-order chi connectivity index (χ0) is 10.8. The number of nitrogens with two attached hydrogens (primary N) is 1. The van der Waals surface area contributed by atoms with Gasteiger partial charge in [0, 0.05) is 5.54 Å². The van der Waals surface area contributed by atoms with Gasteiger partial charge in [-0.15, -0.1) is 0 Å². The predicted molar refractivity (Wildman–Crippen MR) is 60.0 cm³/mol. The zero-order valence-corrected chi connectivity index (χ0v) is 9.84. The number of aliphatic hydroxyl groups excluding tert-OH is 1. The molecule has 0 aromatic rings.